The first-order valence-electron chi connectivity index (χ1n) is 13.2. The predicted octanol–water partition coefficient (Wildman–Crippen LogP) is 6.53. The Morgan fingerprint density at radius 3 is 2.17 bits per heavy atom. The minimum Gasteiger partial charge on any atom is -0.507 e. The summed E-state index contributed by atoms with van der Waals surface area (Å²) in [6.45, 7) is 10.3. The number of amides is 1. The van der Waals surface area contributed by atoms with Gasteiger partial charge >= 0.3 is 5.97 Å². The molecule has 0 radical (unpaired) electrons. The number of ether oxygens (including phenoxy) is 2. The fourth-order valence-electron chi connectivity index (χ4n) is 4.97. The number of anilines is 1. The quantitative estimate of drug-likeness (QED) is 0.165. The van der Waals surface area contributed by atoms with Crippen LogP contribution in [0.4, 0.5) is 5.69 Å². The van der Waals surface area contributed by atoms with E-state index in [0.717, 1.165) is 11.1 Å². The van der Waals surface area contributed by atoms with E-state index in [1.165, 1.54) is 18.1 Å². The number of carbonyl (C=O) groups excluding carboxylic acids is 3. The minimum absolute atomic E-state index is 0.0307. The molecule has 1 heterocycles. The maximum absolute atomic E-state index is 13.6. The number of hydrogen-bond acceptors (Lipinski definition) is 6. The first kappa shape index (κ1) is 28.6. The highest BCUT2D eigenvalue weighted by Crippen LogP contribution is 2.43. The summed E-state index contributed by atoms with van der Waals surface area (Å²) in [5.41, 5.74) is 3.43. The largest absolute Gasteiger partial charge is 0.507 e. The Hall–Kier alpha value is -4.39. The molecule has 1 saturated heterocycles. The number of esters is 1. The van der Waals surface area contributed by atoms with Crippen LogP contribution in [0.1, 0.15) is 79.2 Å². The summed E-state index contributed by atoms with van der Waals surface area (Å²) in [6.07, 6.45) is 0. The van der Waals surface area contributed by atoms with Crippen LogP contribution in [0.5, 0.6) is 5.75 Å². The van der Waals surface area contributed by atoms with E-state index in [4.69, 9.17) is 9.47 Å². The fraction of sp³-hybridized carbons (Fsp3) is 0.303. The van der Waals surface area contributed by atoms with Gasteiger partial charge in [0.05, 0.1) is 31.4 Å². The van der Waals surface area contributed by atoms with Crippen molar-refractivity contribution in [2.45, 2.75) is 52.0 Å². The Balaban J connectivity index is 1.95. The number of ketones is 1. The molecule has 1 N–H and O–H groups in total. The minimum atomic E-state index is -0.925. The lowest BCUT2D eigenvalue weighted by atomic mass is 9.85. The second kappa shape index (κ2) is 11.0. The van der Waals surface area contributed by atoms with Crippen molar-refractivity contribution in [2.24, 2.45) is 0 Å². The summed E-state index contributed by atoms with van der Waals surface area (Å²) in [5.74, 6) is -1.70. The number of aliphatic hydroxyl groups is 1. The number of methoxy groups -OCH3 is 2. The fourth-order valence-corrected chi connectivity index (χ4v) is 4.97. The summed E-state index contributed by atoms with van der Waals surface area (Å²) in [6, 6.07) is 18.3. The van der Waals surface area contributed by atoms with Crippen molar-refractivity contribution in [1.29, 1.82) is 0 Å². The average molecular weight is 542 g/mol. The van der Waals surface area contributed by atoms with E-state index in [1.807, 2.05) is 38.1 Å². The number of rotatable bonds is 6. The second-order valence-corrected chi connectivity index (χ2v) is 11.2. The third-order valence-electron chi connectivity index (χ3n) is 7.21. The number of Topliss-reactive ketones (excluding diaryl/α,β-unsaturated/α-hetero) is 1. The number of benzene rings is 3. The zero-order valence-corrected chi connectivity index (χ0v) is 23.9. The molecule has 1 aliphatic heterocycles. The van der Waals surface area contributed by atoms with Gasteiger partial charge in [-0.2, -0.15) is 0 Å². The first-order valence-corrected chi connectivity index (χ1v) is 13.2. The molecular formula is C33H35NO6. The topological polar surface area (TPSA) is 93.1 Å². The molecule has 0 spiro atoms. The third-order valence-corrected chi connectivity index (χ3v) is 7.21. The van der Waals surface area contributed by atoms with Gasteiger partial charge in [-0.3, -0.25) is 14.5 Å². The zero-order valence-electron chi connectivity index (χ0n) is 23.9. The zero-order chi connectivity index (χ0) is 29.4. The van der Waals surface area contributed by atoms with E-state index >= 15 is 0 Å². The molecule has 3 aromatic carbocycles. The molecular weight excluding hydrogens is 506 g/mol. The molecule has 0 aliphatic carbocycles. The van der Waals surface area contributed by atoms with E-state index in [0.29, 0.717) is 22.6 Å². The van der Waals surface area contributed by atoms with Crippen LogP contribution >= 0.6 is 0 Å². The lowest BCUT2D eigenvalue weighted by Crippen LogP contribution is -2.29. The summed E-state index contributed by atoms with van der Waals surface area (Å²) in [4.78, 5) is 40.8. The van der Waals surface area contributed by atoms with Gasteiger partial charge < -0.3 is 14.6 Å². The Morgan fingerprint density at radius 1 is 0.925 bits per heavy atom. The molecule has 208 valence electrons. The van der Waals surface area contributed by atoms with Crippen LogP contribution < -0.4 is 9.64 Å². The van der Waals surface area contributed by atoms with Crippen LogP contribution in [0.15, 0.2) is 72.3 Å². The molecule has 40 heavy (non-hydrogen) atoms. The Labute approximate surface area is 235 Å². The molecule has 4 rings (SSSR count). The van der Waals surface area contributed by atoms with Crippen molar-refractivity contribution < 1.29 is 29.0 Å². The van der Waals surface area contributed by atoms with Gasteiger partial charge in [-0.25, -0.2) is 4.79 Å². The average Bonchev–Trinajstić information content (AvgIpc) is 3.21. The maximum Gasteiger partial charge on any atom is 0.337 e. The first-order chi connectivity index (χ1) is 18.9. The number of hydrogen-bond donors (Lipinski definition) is 1. The van der Waals surface area contributed by atoms with E-state index < -0.39 is 23.7 Å². The van der Waals surface area contributed by atoms with Crippen molar-refractivity contribution >= 4 is 29.1 Å². The van der Waals surface area contributed by atoms with Crippen molar-refractivity contribution in [1.82, 2.24) is 0 Å². The van der Waals surface area contributed by atoms with Crippen molar-refractivity contribution in [3.63, 3.8) is 0 Å². The highest BCUT2D eigenvalue weighted by atomic mass is 16.5. The van der Waals surface area contributed by atoms with Gasteiger partial charge in [-0.1, -0.05) is 65.0 Å². The van der Waals surface area contributed by atoms with E-state index in [-0.39, 0.29) is 28.2 Å². The van der Waals surface area contributed by atoms with Crippen molar-refractivity contribution in [3.8, 4) is 5.75 Å². The van der Waals surface area contributed by atoms with Gasteiger partial charge in [-0.05, 0) is 64.4 Å². The number of carbonyl (C=O) groups is 3. The number of aliphatic hydroxyl groups excluding tert-OH is 1. The van der Waals surface area contributed by atoms with Crippen molar-refractivity contribution in [2.75, 3.05) is 19.1 Å². The van der Waals surface area contributed by atoms with Gasteiger partial charge in [0.1, 0.15) is 11.5 Å². The van der Waals surface area contributed by atoms with Crippen LogP contribution in [-0.4, -0.2) is 37.0 Å². The molecule has 1 aliphatic rings. The summed E-state index contributed by atoms with van der Waals surface area (Å²) in [7, 11) is 2.86. The van der Waals surface area contributed by atoms with E-state index in [2.05, 4.69) is 20.8 Å². The summed E-state index contributed by atoms with van der Waals surface area (Å²) >= 11 is 0. The van der Waals surface area contributed by atoms with Crippen molar-refractivity contribution in [3.05, 3.63) is 100 Å². The molecule has 1 amide bonds. The van der Waals surface area contributed by atoms with Crippen LogP contribution in [-0.2, 0) is 19.7 Å². The third kappa shape index (κ3) is 5.24. The normalized spacial score (nSPS) is 16.9. The molecule has 7 nitrogen and oxygen atoms in total. The molecule has 1 atom stereocenters. The SMILES string of the molecule is COC(=O)c1cccc(N2C(=O)C(=O)/C(=C(\O)c3ccc(OC)c(C(C)C)c3)C2c2ccc(C(C)(C)C)cc2)c1. The van der Waals surface area contributed by atoms with Gasteiger partial charge in [0.15, 0.2) is 0 Å². The lowest BCUT2D eigenvalue weighted by Gasteiger charge is -2.27. The van der Waals surface area contributed by atoms with E-state index in [9.17, 15) is 19.5 Å². The number of nitrogens with zero attached hydrogens (tertiary/aromatic N) is 1. The lowest BCUT2D eigenvalue weighted by molar-refractivity contribution is -0.132. The molecule has 0 aromatic heterocycles. The molecule has 7 heteroatoms. The highest BCUT2D eigenvalue weighted by Gasteiger charge is 2.47. The molecule has 0 saturated carbocycles. The molecule has 1 fully saturated rings. The van der Waals surface area contributed by atoms with Gasteiger partial charge in [0, 0.05) is 11.3 Å². The van der Waals surface area contributed by atoms with Crippen LogP contribution in [0, 0.1) is 0 Å². The Bertz CT molecular complexity index is 1490. The maximum atomic E-state index is 13.6. The summed E-state index contributed by atoms with van der Waals surface area (Å²) < 4.78 is 10.3. The molecule has 0 bridgehead atoms. The second-order valence-electron chi connectivity index (χ2n) is 11.2. The Morgan fingerprint density at radius 2 is 1.60 bits per heavy atom. The van der Waals surface area contributed by atoms with Crippen LogP contribution in [0.3, 0.4) is 0 Å². The predicted molar refractivity (Wildman–Crippen MR) is 155 cm³/mol. The van der Waals surface area contributed by atoms with Gasteiger partial charge in [0.2, 0.25) is 0 Å². The van der Waals surface area contributed by atoms with Gasteiger partial charge in [0.25, 0.3) is 11.7 Å². The highest BCUT2D eigenvalue weighted by molar-refractivity contribution is 6.51. The van der Waals surface area contributed by atoms with Gasteiger partial charge in [-0.15, -0.1) is 0 Å². The molecule has 1 unspecified atom stereocenters. The van der Waals surface area contributed by atoms with Crippen LogP contribution in [0.2, 0.25) is 0 Å². The van der Waals surface area contributed by atoms with E-state index in [1.54, 1.807) is 43.5 Å². The Kier molecular flexibility index (Phi) is 7.87. The monoisotopic (exact) mass is 541 g/mol. The molecule has 3 aromatic rings. The smallest absolute Gasteiger partial charge is 0.337 e. The summed E-state index contributed by atoms with van der Waals surface area (Å²) in [5, 5.41) is 11.6. The standard InChI is InChI=1S/C33H35NO6/c1-19(2)25-18-21(13-16-26(25)39-6)29(35)27-28(20-11-14-23(15-12-20)33(3,4)5)34(31(37)30(27)36)24-10-8-9-22(17-24)32(38)40-7/h8-19,28,35H,1-7H3/b29-27-. The van der Waals surface area contributed by atoms with Crippen LogP contribution in [0.25, 0.3) is 5.76 Å².